The summed E-state index contributed by atoms with van der Waals surface area (Å²) < 4.78 is 2.00. The molecule has 0 bridgehead atoms. The number of aliphatic carboxylic acids is 1. The zero-order valence-corrected chi connectivity index (χ0v) is 13.6. The van der Waals surface area contributed by atoms with Gasteiger partial charge < -0.3 is 10.0 Å². The molecular formula is C13H23N5O2S. The molecule has 1 saturated heterocycles. The van der Waals surface area contributed by atoms with Gasteiger partial charge in [-0.05, 0) is 20.8 Å². The van der Waals surface area contributed by atoms with Crippen molar-refractivity contribution < 1.29 is 9.90 Å². The number of carbonyl (C=O) groups is 1. The Morgan fingerprint density at radius 1 is 1.29 bits per heavy atom. The van der Waals surface area contributed by atoms with Crippen LogP contribution in [0.25, 0.3) is 0 Å². The van der Waals surface area contributed by atoms with Crippen LogP contribution < -0.4 is 4.90 Å². The molecule has 0 radical (unpaired) electrons. The number of nitrogens with zero attached hydrogens (tertiary/aromatic N) is 5. The second-order valence-corrected chi connectivity index (χ2v) is 6.27. The lowest BCUT2D eigenvalue weighted by Crippen LogP contribution is -2.49. The van der Waals surface area contributed by atoms with Crippen LogP contribution in [0.3, 0.4) is 0 Å². The predicted octanol–water partition coefficient (Wildman–Crippen LogP) is 1.01. The highest BCUT2D eigenvalue weighted by atomic mass is 32.2. The van der Waals surface area contributed by atoms with Crippen LogP contribution in [0.2, 0.25) is 0 Å². The molecule has 1 aliphatic heterocycles. The van der Waals surface area contributed by atoms with E-state index in [4.69, 9.17) is 5.11 Å². The lowest BCUT2D eigenvalue weighted by molar-refractivity contribution is -0.133. The molecule has 0 saturated carbocycles. The summed E-state index contributed by atoms with van der Waals surface area (Å²) in [6, 6.07) is 0.567. The molecule has 2 rings (SSSR count). The van der Waals surface area contributed by atoms with Crippen LogP contribution in [-0.2, 0) is 11.3 Å². The van der Waals surface area contributed by atoms with Crippen LogP contribution in [0.1, 0.15) is 20.8 Å². The van der Waals surface area contributed by atoms with Crippen molar-refractivity contribution in [3.8, 4) is 0 Å². The molecular weight excluding hydrogens is 290 g/mol. The molecule has 1 aliphatic rings. The lowest BCUT2D eigenvalue weighted by Gasteiger charge is -2.37. The third-order valence-corrected chi connectivity index (χ3v) is 4.62. The van der Waals surface area contributed by atoms with Gasteiger partial charge in [-0.15, -0.1) is 10.2 Å². The van der Waals surface area contributed by atoms with E-state index >= 15 is 0 Å². The summed E-state index contributed by atoms with van der Waals surface area (Å²) >= 11 is 1.22. The van der Waals surface area contributed by atoms with E-state index in [1.807, 2.05) is 11.5 Å². The van der Waals surface area contributed by atoms with Crippen LogP contribution in [0.5, 0.6) is 0 Å². The van der Waals surface area contributed by atoms with E-state index in [-0.39, 0.29) is 5.75 Å². The summed E-state index contributed by atoms with van der Waals surface area (Å²) in [5.41, 5.74) is 0. The van der Waals surface area contributed by atoms with Gasteiger partial charge in [0, 0.05) is 38.8 Å². The van der Waals surface area contributed by atoms with E-state index in [2.05, 4.69) is 33.8 Å². The Labute approximate surface area is 129 Å². The fourth-order valence-electron chi connectivity index (χ4n) is 2.46. The first-order valence-corrected chi connectivity index (χ1v) is 8.28. The lowest BCUT2D eigenvalue weighted by atomic mass is 10.2. The SMILES string of the molecule is CCn1c(SCC(=O)O)nnc1N1CCN(C(C)C)CC1. The molecule has 2 heterocycles. The van der Waals surface area contributed by atoms with Gasteiger partial charge in [-0.25, -0.2) is 0 Å². The van der Waals surface area contributed by atoms with Gasteiger partial charge in [-0.1, -0.05) is 11.8 Å². The number of hydrogen-bond acceptors (Lipinski definition) is 6. The van der Waals surface area contributed by atoms with E-state index in [9.17, 15) is 4.79 Å². The Morgan fingerprint density at radius 2 is 1.95 bits per heavy atom. The van der Waals surface area contributed by atoms with Gasteiger partial charge >= 0.3 is 5.97 Å². The van der Waals surface area contributed by atoms with Gasteiger partial charge in [0.25, 0.3) is 0 Å². The highest BCUT2D eigenvalue weighted by molar-refractivity contribution is 7.99. The Hall–Kier alpha value is -1.28. The van der Waals surface area contributed by atoms with Crippen molar-refractivity contribution in [2.45, 2.75) is 38.5 Å². The van der Waals surface area contributed by atoms with Crippen molar-refractivity contribution in [3.63, 3.8) is 0 Å². The zero-order valence-electron chi connectivity index (χ0n) is 12.8. The fourth-order valence-corrected chi connectivity index (χ4v) is 3.18. The Bertz CT molecular complexity index is 483. The number of carboxylic acids is 1. The minimum atomic E-state index is -0.835. The van der Waals surface area contributed by atoms with E-state index in [1.165, 1.54) is 11.8 Å². The number of anilines is 1. The number of thioether (sulfide) groups is 1. The minimum Gasteiger partial charge on any atom is -0.481 e. The third-order valence-electron chi connectivity index (χ3n) is 3.67. The van der Waals surface area contributed by atoms with E-state index in [0.717, 1.165) is 38.7 Å². The first kappa shape index (κ1) is 16.1. The molecule has 21 heavy (non-hydrogen) atoms. The van der Waals surface area contributed by atoms with E-state index in [0.29, 0.717) is 11.2 Å². The molecule has 0 amide bonds. The van der Waals surface area contributed by atoms with Gasteiger partial charge in [0.05, 0.1) is 5.75 Å². The van der Waals surface area contributed by atoms with Gasteiger partial charge in [0.1, 0.15) is 0 Å². The summed E-state index contributed by atoms with van der Waals surface area (Å²) in [5, 5.41) is 17.9. The van der Waals surface area contributed by atoms with Crippen molar-refractivity contribution in [1.82, 2.24) is 19.7 Å². The highest BCUT2D eigenvalue weighted by Crippen LogP contribution is 2.23. The topological polar surface area (TPSA) is 74.5 Å². The Morgan fingerprint density at radius 3 is 2.48 bits per heavy atom. The van der Waals surface area contributed by atoms with Crippen molar-refractivity contribution in [3.05, 3.63) is 0 Å². The molecule has 1 aromatic heterocycles. The monoisotopic (exact) mass is 313 g/mol. The first-order chi connectivity index (χ1) is 10.0. The number of piperazine rings is 1. The average molecular weight is 313 g/mol. The first-order valence-electron chi connectivity index (χ1n) is 7.29. The summed E-state index contributed by atoms with van der Waals surface area (Å²) in [7, 11) is 0. The second-order valence-electron chi connectivity index (χ2n) is 5.33. The van der Waals surface area contributed by atoms with Gasteiger partial charge in [0.15, 0.2) is 5.16 Å². The van der Waals surface area contributed by atoms with E-state index in [1.54, 1.807) is 0 Å². The third kappa shape index (κ3) is 3.88. The van der Waals surface area contributed by atoms with Crippen LogP contribution in [0, 0.1) is 0 Å². The maximum Gasteiger partial charge on any atom is 0.313 e. The van der Waals surface area contributed by atoms with Crippen molar-refractivity contribution in [2.24, 2.45) is 0 Å². The van der Waals surface area contributed by atoms with Crippen LogP contribution in [-0.4, -0.2) is 68.7 Å². The predicted molar refractivity (Wildman–Crippen MR) is 83.0 cm³/mol. The molecule has 0 spiro atoms. The highest BCUT2D eigenvalue weighted by Gasteiger charge is 2.23. The molecule has 0 aromatic carbocycles. The molecule has 7 nitrogen and oxygen atoms in total. The van der Waals surface area contributed by atoms with Gasteiger partial charge in [0.2, 0.25) is 5.95 Å². The second kappa shape index (κ2) is 7.13. The summed E-state index contributed by atoms with van der Waals surface area (Å²) in [5.74, 6) is 0.0331. The number of aromatic nitrogens is 3. The van der Waals surface area contributed by atoms with Crippen LogP contribution in [0.4, 0.5) is 5.95 Å². The molecule has 0 unspecified atom stereocenters. The number of carboxylic acid groups (broad SMARTS) is 1. The van der Waals surface area contributed by atoms with E-state index < -0.39 is 5.97 Å². The normalized spacial score (nSPS) is 16.7. The summed E-state index contributed by atoms with van der Waals surface area (Å²) in [4.78, 5) is 15.4. The smallest absolute Gasteiger partial charge is 0.313 e. The van der Waals surface area contributed by atoms with Crippen molar-refractivity contribution in [2.75, 3.05) is 36.8 Å². The molecule has 8 heteroatoms. The average Bonchev–Trinajstić information content (AvgIpc) is 2.88. The molecule has 1 aromatic rings. The Kier molecular flexibility index (Phi) is 5.46. The van der Waals surface area contributed by atoms with Gasteiger partial charge in [-0.2, -0.15) is 0 Å². The zero-order chi connectivity index (χ0) is 15.4. The van der Waals surface area contributed by atoms with Crippen molar-refractivity contribution in [1.29, 1.82) is 0 Å². The Balaban J connectivity index is 2.05. The van der Waals surface area contributed by atoms with Crippen molar-refractivity contribution >= 4 is 23.7 Å². The molecule has 0 atom stereocenters. The standard InChI is InChI=1S/C13H23N5O2S/c1-4-18-12(14-15-13(18)21-9-11(19)20)17-7-5-16(6-8-17)10(2)3/h10H,4-9H2,1-3H3,(H,19,20). The molecule has 1 N–H and O–H groups in total. The quantitative estimate of drug-likeness (QED) is 0.785. The summed E-state index contributed by atoms with van der Waals surface area (Å²) in [6.45, 7) is 11.1. The largest absolute Gasteiger partial charge is 0.481 e. The fraction of sp³-hybridized carbons (Fsp3) is 0.769. The van der Waals surface area contributed by atoms with Crippen LogP contribution in [0.15, 0.2) is 5.16 Å². The summed E-state index contributed by atoms with van der Waals surface area (Å²) in [6.07, 6.45) is 0. The maximum atomic E-state index is 10.7. The van der Waals surface area contributed by atoms with Crippen LogP contribution >= 0.6 is 11.8 Å². The number of hydrogen-bond donors (Lipinski definition) is 1. The minimum absolute atomic E-state index is 0.0132. The molecule has 1 fully saturated rings. The molecule has 0 aliphatic carbocycles. The molecule has 118 valence electrons. The maximum absolute atomic E-state index is 10.7. The van der Waals surface area contributed by atoms with Gasteiger partial charge in [-0.3, -0.25) is 14.3 Å². The number of rotatable bonds is 6.